The van der Waals surface area contributed by atoms with Crippen molar-refractivity contribution in [3.63, 3.8) is 0 Å². The molecule has 0 aliphatic rings. The highest BCUT2D eigenvalue weighted by Gasteiger charge is 2.11. The smallest absolute Gasteiger partial charge is 0.326 e. The number of aromatic amines is 1. The molecule has 0 atom stereocenters. The van der Waals surface area contributed by atoms with E-state index < -0.39 is 15.8 Å². The lowest BCUT2D eigenvalue weighted by Crippen LogP contribution is -2.18. The first-order chi connectivity index (χ1) is 13.4. The lowest BCUT2D eigenvalue weighted by atomic mass is 10.1. The Morgan fingerprint density at radius 2 is 1.93 bits per heavy atom. The minimum absolute atomic E-state index is 0.172. The fourth-order valence-corrected chi connectivity index (χ4v) is 3.26. The molecular formula is C18H18N4O5S. The van der Waals surface area contributed by atoms with Crippen molar-refractivity contribution in [2.24, 2.45) is 0 Å². The fraction of sp³-hybridized carbons (Fsp3) is 0.167. The van der Waals surface area contributed by atoms with E-state index in [2.05, 4.69) is 24.7 Å². The van der Waals surface area contributed by atoms with Gasteiger partial charge in [0.2, 0.25) is 15.9 Å². The first-order valence-corrected chi connectivity index (χ1v) is 9.84. The van der Waals surface area contributed by atoms with Gasteiger partial charge in [-0.05, 0) is 43.3 Å². The molecule has 3 N–H and O–H groups in total. The number of benzene rings is 2. The molecule has 0 spiro atoms. The summed E-state index contributed by atoms with van der Waals surface area (Å²) < 4.78 is 30.1. The van der Waals surface area contributed by atoms with E-state index in [1.807, 2.05) is 0 Å². The van der Waals surface area contributed by atoms with E-state index in [0.29, 0.717) is 17.7 Å². The number of nitrogens with one attached hydrogen (secondary N) is 3. The largest absolute Gasteiger partial charge is 0.439 e. The van der Waals surface area contributed by atoms with Crippen molar-refractivity contribution in [3.05, 3.63) is 64.6 Å². The minimum Gasteiger partial charge on any atom is -0.326 e. The molecule has 0 aliphatic carbocycles. The Hall–Kier alpha value is -3.24. The number of nitrogens with zero attached hydrogens (tertiary/aromatic N) is 1. The Morgan fingerprint density at radius 3 is 2.57 bits per heavy atom. The van der Waals surface area contributed by atoms with Crippen LogP contribution in [0, 0.1) is 0 Å². The predicted molar refractivity (Wildman–Crippen MR) is 102 cm³/mol. The summed E-state index contributed by atoms with van der Waals surface area (Å²) >= 11 is 0. The molecular weight excluding hydrogens is 384 g/mol. The average Bonchev–Trinajstić information content (AvgIpc) is 3.13. The Bertz CT molecular complexity index is 1130. The fourth-order valence-electron chi connectivity index (χ4n) is 2.53. The van der Waals surface area contributed by atoms with Gasteiger partial charge in [0.05, 0.1) is 4.90 Å². The van der Waals surface area contributed by atoms with E-state index in [9.17, 15) is 18.0 Å². The molecule has 0 aliphatic heterocycles. The topological polar surface area (TPSA) is 134 Å². The van der Waals surface area contributed by atoms with Crippen LogP contribution < -0.4 is 15.8 Å². The summed E-state index contributed by atoms with van der Waals surface area (Å²) in [5, 5.41) is 6.39. The molecule has 0 radical (unpaired) electrons. The monoisotopic (exact) mass is 402 g/mol. The Kier molecular flexibility index (Phi) is 5.71. The number of carbonyl (C=O) groups excluding carboxylic acids is 1. The van der Waals surface area contributed by atoms with Gasteiger partial charge in [-0.3, -0.25) is 14.3 Å². The summed E-state index contributed by atoms with van der Waals surface area (Å²) in [5.74, 6) is -0.576. The standard InChI is InChI=1S/C18H18N4O5S/c1-19-28(25,26)15-8-5-12(6-9-15)7-10-16(23)20-14-4-2-3-13(11-14)17-21-18(24)27-22-17/h2-6,8-9,11,19H,7,10H2,1H3,(H,20,23)(H,21,22,24). The second-order valence-corrected chi connectivity index (χ2v) is 7.81. The lowest BCUT2D eigenvalue weighted by Gasteiger charge is -2.07. The lowest BCUT2D eigenvalue weighted by molar-refractivity contribution is -0.116. The molecule has 1 aromatic heterocycles. The number of anilines is 1. The van der Waals surface area contributed by atoms with Crippen LogP contribution in [0.25, 0.3) is 11.4 Å². The molecule has 10 heteroatoms. The van der Waals surface area contributed by atoms with Crippen molar-refractivity contribution in [1.29, 1.82) is 0 Å². The number of hydrogen-bond acceptors (Lipinski definition) is 6. The van der Waals surface area contributed by atoms with Crippen LogP contribution in [-0.4, -0.2) is 31.5 Å². The summed E-state index contributed by atoms with van der Waals surface area (Å²) in [5.41, 5.74) is 2.01. The quantitative estimate of drug-likeness (QED) is 0.548. The van der Waals surface area contributed by atoms with Crippen LogP contribution >= 0.6 is 0 Å². The molecule has 1 amide bonds. The average molecular weight is 402 g/mol. The van der Waals surface area contributed by atoms with Crippen molar-refractivity contribution < 1.29 is 17.7 Å². The third-order valence-corrected chi connectivity index (χ3v) is 5.43. The Morgan fingerprint density at radius 1 is 1.18 bits per heavy atom. The number of hydrogen-bond donors (Lipinski definition) is 3. The van der Waals surface area contributed by atoms with Crippen LogP contribution in [0.3, 0.4) is 0 Å². The number of amides is 1. The summed E-state index contributed by atoms with van der Waals surface area (Å²) in [6.07, 6.45) is 0.686. The molecule has 0 saturated heterocycles. The third-order valence-electron chi connectivity index (χ3n) is 4.00. The third kappa shape index (κ3) is 4.72. The summed E-state index contributed by atoms with van der Waals surface area (Å²) in [6, 6.07) is 13.2. The van der Waals surface area contributed by atoms with Crippen LogP contribution in [0.5, 0.6) is 0 Å². The minimum atomic E-state index is -3.48. The van der Waals surface area contributed by atoms with Crippen LogP contribution in [0.15, 0.2) is 62.7 Å². The zero-order valence-corrected chi connectivity index (χ0v) is 15.7. The summed E-state index contributed by atoms with van der Waals surface area (Å²) in [7, 11) is -2.13. The van der Waals surface area contributed by atoms with Gasteiger partial charge in [0.15, 0.2) is 5.82 Å². The van der Waals surface area contributed by atoms with Gasteiger partial charge in [0, 0.05) is 17.7 Å². The van der Waals surface area contributed by atoms with Gasteiger partial charge in [-0.1, -0.05) is 29.4 Å². The normalized spacial score (nSPS) is 11.3. The van der Waals surface area contributed by atoms with Crippen molar-refractivity contribution in [3.8, 4) is 11.4 Å². The van der Waals surface area contributed by atoms with Crippen molar-refractivity contribution in [2.75, 3.05) is 12.4 Å². The SMILES string of the molecule is CNS(=O)(=O)c1ccc(CCC(=O)Nc2cccc(-c3noc(=O)[nH]3)c2)cc1. The molecule has 9 nitrogen and oxygen atoms in total. The molecule has 0 bridgehead atoms. The van der Waals surface area contributed by atoms with Crippen LogP contribution in [0.2, 0.25) is 0 Å². The first kappa shape index (κ1) is 19.5. The molecule has 1 heterocycles. The molecule has 0 saturated carbocycles. The Balaban J connectivity index is 1.60. The number of aryl methyl sites for hydroxylation is 1. The van der Waals surface area contributed by atoms with E-state index in [4.69, 9.17) is 0 Å². The van der Waals surface area contributed by atoms with Gasteiger partial charge in [0.25, 0.3) is 0 Å². The highest BCUT2D eigenvalue weighted by molar-refractivity contribution is 7.89. The van der Waals surface area contributed by atoms with E-state index in [0.717, 1.165) is 5.56 Å². The number of sulfonamides is 1. The van der Waals surface area contributed by atoms with Crippen LogP contribution in [-0.2, 0) is 21.2 Å². The number of rotatable bonds is 7. The van der Waals surface area contributed by atoms with Gasteiger partial charge in [0.1, 0.15) is 0 Å². The zero-order chi connectivity index (χ0) is 20.1. The van der Waals surface area contributed by atoms with E-state index in [1.54, 1.807) is 36.4 Å². The van der Waals surface area contributed by atoms with Crippen molar-refractivity contribution in [1.82, 2.24) is 14.9 Å². The number of aromatic nitrogens is 2. The molecule has 3 aromatic rings. The molecule has 0 unspecified atom stereocenters. The van der Waals surface area contributed by atoms with E-state index in [-0.39, 0.29) is 23.0 Å². The maximum atomic E-state index is 12.2. The second-order valence-electron chi connectivity index (χ2n) is 5.92. The molecule has 2 aromatic carbocycles. The predicted octanol–water partition coefficient (Wildman–Crippen LogP) is 1.51. The van der Waals surface area contributed by atoms with E-state index >= 15 is 0 Å². The number of carbonyl (C=O) groups is 1. The molecule has 146 valence electrons. The molecule has 3 rings (SSSR count). The van der Waals surface area contributed by atoms with Crippen molar-refractivity contribution in [2.45, 2.75) is 17.7 Å². The van der Waals surface area contributed by atoms with Crippen LogP contribution in [0.4, 0.5) is 5.69 Å². The van der Waals surface area contributed by atoms with E-state index in [1.165, 1.54) is 19.2 Å². The van der Waals surface area contributed by atoms with Gasteiger partial charge < -0.3 is 5.32 Å². The highest BCUT2D eigenvalue weighted by Crippen LogP contribution is 2.19. The van der Waals surface area contributed by atoms with Gasteiger partial charge in [-0.25, -0.2) is 17.9 Å². The molecule has 0 fully saturated rings. The Labute approximate surface area is 160 Å². The van der Waals surface area contributed by atoms with Crippen LogP contribution in [0.1, 0.15) is 12.0 Å². The van der Waals surface area contributed by atoms with Gasteiger partial charge in [-0.2, -0.15) is 0 Å². The zero-order valence-electron chi connectivity index (χ0n) is 14.9. The maximum Gasteiger partial charge on any atom is 0.439 e. The van der Waals surface area contributed by atoms with Gasteiger partial charge in [-0.15, -0.1) is 0 Å². The summed E-state index contributed by atoms with van der Waals surface area (Å²) in [4.78, 5) is 25.9. The summed E-state index contributed by atoms with van der Waals surface area (Å²) in [6.45, 7) is 0. The second kappa shape index (κ2) is 8.19. The van der Waals surface area contributed by atoms with Gasteiger partial charge >= 0.3 is 5.76 Å². The highest BCUT2D eigenvalue weighted by atomic mass is 32.2. The number of H-pyrrole nitrogens is 1. The molecule has 28 heavy (non-hydrogen) atoms. The first-order valence-electron chi connectivity index (χ1n) is 8.36. The van der Waals surface area contributed by atoms with Crippen molar-refractivity contribution >= 4 is 21.6 Å². The maximum absolute atomic E-state index is 12.2.